The summed E-state index contributed by atoms with van der Waals surface area (Å²) in [5.74, 6) is 0. The first kappa shape index (κ1) is 14.7. The van der Waals surface area contributed by atoms with Gasteiger partial charge in [-0.25, -0.2) is 0 Å². The molecule has 0 unspecified atom stereocenters. The third-order valence-corrected chi connectivity index (χ3v) is 3.19. The molecule has 0 aromatic heterocycles. The van der Waals surface area contributed by atoms with E-state index in [0.717, 1.165) is 12.1 Å². The Labute approximate surface area is 107 Å². The van der Waals surface area contributed by atoms with E-state index < -0.39 is 0 Å². The smallest absolute Gasteiger partial charge is 0.0690 e. The van der Waals surface area contributed by atoms with Crippen molar-refractivity contribution in [1.29, 1.82) is 0 Å². The van der Waals surface area contributed by atoms with Gasteiger partial charge in [-0.05, 0) is 39.2 Å². The summed E-state index contributed by atoms with van der Waals surface area (Å²) in [6, 6.07) is 0. The summed E-state index contributed by atoms with van der Waals surface area (Å²) in [5.41, 5.74) is 1.31. The average Bonchev–Trinajstić information content (AvgIpc) is 2.51. The van der Waals surface area contributed by atoms with Crippen molar-refractivity contribution in [3.05, 3.63) is 12.2 Å². The second-order valence-corrected chi connectivity index (χ2v) is 6.28. The van der Waals surface area contributed by atoms with Crippen molar-refractivity contribution in [3.8, 4) is 0 Å². The Morgan fingerprint density at radius 1 is 1.18 bits per heavy atom. The fourth-order valence-electron chi connectivity index (χ4n) is 2.09. The van der Waals surface area contributed by atoms with Crippen LogP contribution < -0.4 is 5.32 Å². The Balaban J connectivity index is 2.14. The molecular formula is C15H29NO. The zero-order valence-corrected chi connectivity index (χ0v) is 11.8. The molecule has 1 aliphatic rings. The van der Waals surface area contributed by atoms with Crippen LogP contribution in [0.3, 0.4) is 0 Å². The summed E-state index contributed by atoms with van der Waals surface area (Å²) in [7, 11) is 0. The van der Waals surface area contributed by atoms with Gasteiger partial charge in [0.1, 0.15) is 0 Å². The number of hydrogen-bond donors (Lipinski definition) is 1. The lowest BCUT2D eigenvalue weighted by molar-refractivity contribution is 0.0579. The zero-order valence-electron chi connectivity index (χ0n) is 11.8. The van der Waals surface area contributed by atoms with Gasteiger partial charge in [0.25, 0.3) is 0 Å². The van der Waals surface area contributed by atoms with Gasteiger partial charge in [0, 0.05) is 12.1 Å². The molecule has 0 bridgehead atoms. The fraction of sp³-hybridized carbons (Fsp3) is 0.867. The van der Waals surface area contributed by atoms with Crippen LogP contribution in [0.25, 0.3) is 0 Å². The summed E-state index contributed by atoms with van der Waals surface area (Å²) < 4.78 is 5.95. The van der Waals surface area contributed by atoms with Crippen LogP contribution in [0.5, 0.6) is 0 Å². The van der Waals surface area contributed by atoms with Gasteiger partial charge in [-0.2, -0.15) is 0 Å². The van der Waals surface area contributed by atoms with E-state index >= 15 is 0 Å². The highest BCUT2D eigenvalue weighted by Crippen LogP contribution is 2.20. The molecule has 17 heavy (non-hydrogen) atoms. The van der Waals surface area contributed by atoms with Gasteiger partial charge in [0.15, 0.2) is 0 Å². The van der Waals surface area contributed by atoms with Crippen LogP contribution in [0.1, 0.15) is 59.3 Å². The highest BCUT2D eigenvalue weighted by molar-refractivity contribution is 4.98. The van der Waals surface area contributed by atoms with Crippen molar-refractivity contribution >= 4 is 0 Å². The summed E-state index contributed by atoms with van der Waals surface area (Å²) in [6.07, 6.45) is 8.37. The minimum atomic E-state index is 0.158. The van der Waals surface area contributed by atoms with Crippen molar-refractivity contribution in [3.63, 3.8) is 0 Å². The third-order valence-electron chi connectivity index (χ3n) is 3.19. The highest BCUT2D eigenvalue weighted by atomic mass is 16.5. The molecule has 1 N–H and O–H groups in total. The SMILES string of the molecule is C=C(CNC(C)(C)C)COC1CCCCCC1. The first-order valence-electron chi connectivity index (χ1n) is 7.01. The minimum Gasteiger partial charge on any atom is -0.374 e. The number of hydrogen-bond acceptors (Lipinski definition) is 2. The lowest BCUT2D eigenvalue weighted by atomic mass is 10.1. The van der Waals surface area contributed by atoms with Crippen LogP contribution in [-0.2, 0) is 4.74 Å². The van der Waals surface area contributed by atoms with E-state index in [4.69, 9.17) is 4.74 Å². The predicted molar refractivity (Wildman–Crippen MR) is 74.3 cm³/mol. The molecule has 1 fully saturated rings. The normalized spacial score (nSPS) is 19.0. The largest absolute Gasteiger partial charge is 0.374 e. The molecule has 0 aromatic carbocycles. The van der Waals surface area contributed by atoms with Crippen molar-refractivity contribution in [1.82, 2.24) is 5.32 Å². The maximum Gasteiger partial charge on any atom is 0.0690 e. The first-order chi connectivity index (χ1) is 7.97. The van der Waals surface area contributed by atoms with Gasteiger partial charge in [-0.1, -0.05) is 32.3 Å². The minimum absolute atomic E-state index is 0.158. The van der Waals surface area contributed by atoms with Crippen molar-refractivity contribution < 1.29 is 4.74 Å². The molecule has 1 rings (SSSR count). The lowest BCUT2D eigenvalue weighted by Crippen LogP contribution is -2.37. The Hall–Kier alpha value is -0.340. The molecule has 0 spiro atoms. The van der Waals surface area contributed by atoms with Crippen molar-refractivity contribution in [2.45, 2.75) is 70.9 Å². The van der Waals surface area contributed by atoms with E-state index in [9.17, 15) is 0 Å². The molecule has 0 saturated heterocycles. The molecule has 0 aromatic rings. The van der Waals surface area contributed by atoms with Crippen LogP contribution in [0, 0.1) is 0 Å². The number of ether oxygens (including phenoxy) is 1. The lowest BCUT2D eigenvalue weighted by Gasteiger charge is -2.22. The first-order valence-corrected chi connectivity index (χ1v) is 7.01. The van der Waals surface area contributed by atoms with Crippen LogP contribution in [0.2, 0.25) is 0 Å². The van der Waals surface area contributed by atoms with E-state index in [1.165, 1.54) is 38.5 Å². The van der Waals surface area contributed by atoms with Gasteiger partial charge in [-0.3, -0.25) is 0 Å². The van der Waals surface area contributed by atoms with Crippen LogP contribution in [0.15, 0.2) is 12.2 Å². The molecule has 0 atom stereocenters. The van der Waals surface area contributed by atoms with Crippen LogP contribution >= 0.6 is 0 Å². The quantitative estimate of drug-likeness (QED) is 0.584. The number of rotatable bonds is 5. The van der Waals surface area contributed by atoms with Gasteiger partial charge in [0.2, 0.25) is 0 Å². The highest BCUT2D eigenvalue weighted by Gasteiger charge is 2.13. The molecule has 1 aliphatic carbocycles. The topological polar surface area (TPSA) is 21.3 Å². The molecule has 0 radical (unpaired) electrons. The second kappa shape index (κ2) is 7.17. The molecular weight excluding hydrogens is 210 g/mol. The molecule has 2 heteroatoms. The van der Waals surface area contributed by atoms with Crippen LogP contribution in [0.4, 0.5) is 0 Å². The second-order valence-electron chi connectivity index (χ2n) is 6.28. The van der Waals surface area contributed by atoms with Gasteiger partial charge < -0.3 is 10.1 Å². The van der Waals surface area contributed by atoms with E-state index in [-0.39, 0.29) is 5.54 Å². The summed E-state index contributed by atoms with van der Waals surface area (Å²) in [5, 5.41) is 3.44. The van der Waals surface area contributed by atoms with Gasteiger partial charge >= 0.3 is 0 Å². The van der Waals surface area contributed by atoms with E-state index in [0.29, 0.717) is 12.7 Å². The van der Waals surface area contributed by atoms with E-state index in [1.807, 2.05) is 0 Å². The zero-order chi connectivity index (χ0) is 12.7. The van der Waals surface area contributed by atoms with Crippen molar-refractivity contribution in [2.75, 3.05) is 13.2 Å². The maximum absolute atomic E-state index is 5.95. The average molecular weight is 239 g/mol. The predicted octanol–water partition coefficient (Wildman–Crippen LogP) is 3.67. The Morgan fingerprint density at radius 2 is 1.76 bits per heavy atom. The maximum atomic E-state index is 5.95. The summed E-state index contributed by atoms with van der Waals surface area (Å²) in [4.78, 5) is 0. The molecule has 2 nitrogen and oxygen atoms in total. The Bertz CT molecular complexity index is 222. The van der Waals surface area contributed by atoms with E-state index in [2.05, 4.69) is 32.7 Å². The van der Waals surface area contributed by atoms with Gasteiger partial charge in [-0.15, -0.1) is 0 Å². The fourth-order valence-corrected chi connectivity index (χ4v) is 2.09. The number of nitrogens with one attached hydrogen (secondary N) is 1. The van der Waals surface area contributed by atoms with Gasteiger partial charge in [0.05, 0.1) is 12.7 Å². The third kappa shape index (κ3) is 7.56. The molecule has 1 saturated carbocycles. The summed E-state index contributed by atoms with van der Waals surface area (Å²) in [6.45, 7) is 12.2. The molecule has 0 heterocycles. The standard InChI is InChI=1S/C15H29NO/c1-13(11-16-15(2,3)4)12-17-14-9-7-5-6-8-10-14/h14,16H,1,5-12H2,2-4H3. The summed E-state index contributed by atoms with van der Waals surface area (Å²) >= 11 is 0. The molecule has 100 valence electrons. The molecule has 0 amide bonds. The van der Waals surface area contributed by atoms with E-state index in [1.54, 1.807) is 0 Å². The molecule has 0 aliphatic heterocycles. The van der Waals surface area contributed by atoms with Crippen molar-refractivity contribution in [2.24, 2.45) is 0 Å². The Kier molecular flexibility index (Phi) is 6.21. The Morgan fingerprint density at radius 3 is 2.29 bits per heavy atom. The van der Waals surface area contributed by atoms with Crippen LogP contribution in [-0.4, -0.2) is 24.8 Å². The monoisotopic (exact) mass is 239 g/mol.